The quantitative estimate of drug-likeness (QED) is 0.834. The van der Waals surface area contributed by atoms with Gasteiger partial charge in [-0.3, -0.25) is 0 Å². The van der Waals surface area contributed by atoms with E-state index in [0.717, 1.165) is 6.42 Å². The molecular weight excluding hydrogens is 304 g/mol. The fraction of sp³-hybridized carbons (Fsp3) is 0.500. The molecule has 17 heavy (non-hydrogen) atoms. The van der Waals surface area contributed by atoms with Crippen LogP contribution >= 0.6 is 15.9 Å². The van der Waals surface area contributed by atoms with Gasteiger partial charge in [0.15, 0.2) is 9.84 Å². The molecule has 0 radical (unpaired) electrons. The number of hydrogen-bond donors (Lipinski definition) is 0. The Morgan fingerprint density at radius 3 is 2.53 bits per heavy atom. The minimum Gasteiger partial charge on any atom is -0.496 e. The van der Waals surface area contributed by atoms with Gasteiger partial charge in [-0.25, -0.2) is 8.42 Å². The van der Waals surface area contributed by atoms with Gasteiger partial charge in [0, 0.05) is 0 Å². The lowest BCUT2D eigenvalue weighted by Gasteiger charge is -2.13. The summed E-state index contributed by atoms with van der Waals surface area (Å²) in [5.41, 5.74) is 0. The molecule has 0 aliphatic heterocycles. The third kappa shape index (κ3) is 3.22. The summed E-state index contributed by atoms with van der Waals surface area (Å²) in [6.45, 7) is 3.73. The van der Waals surface area contributed by atoms with E-state index in [1.807, 2.05) is 6.92 Å². The van der Waals surface area contributed by atoms with Crippen LogP contribution in [0.3, 0.4) is 0 Å². The van der Waals surface area contributed by atoms with Crippen molar-refractivity contribution >= 4 is 25.8 Å². The first-order chi connectivity index (χ1) is 7.93. The highest BCUT2D eigenvalue weighted by molar-refractivity contribution is 9.10. The summed E-state index contributed by atoms with van der Waals surface area (Å²) in [6.07, 6.45) is 1.53. The van der Waals surface area contributed by atoms with Crippen molar-refractivity contribution in [2.45, 2.75) is 36.8 Å². The minimum atomic E-state index is -3.23. The van der Waals surface area contributed by atoms with Gasteiger partial charge in [-0.2, -0.15) is 0 Å². The van der Waals surface area contributed by atoms with E-state index < -0.39 is 9.84 Å². The van der Waals surface area contributed by atoms with Crippen LogP contribution in [0, 0.1) is 0 Å². The normalized spacial score (nSPS) is 13.4. The molecular formula is C12H17BrO3S. The maximum Gasteiger partial charge on any atom is 0.180 e. The molecule has 0 N–H and O–H groups in total. The molecule has 1 aromatic carbocycles. The minimum absolute atomic E-state index is 0.339. The molecule has 0 aromatic heterocycles. The fourth-order valence-electron chi connectivity index (χ4n) is 1.62. The molecule has 0 spiro atoms. The van der Waals surface area contributed by atoms with Crippen LogP contribution in [-0.2, 0) is 9.84 Å². The predicted molar refractivity (Wildman–Crippen MR) is 72.2 cm³/mol. The third-order valence-electron chi connectivity index (χ3n) is 2.68. The Labute approximate surface area is 111 Å². The molecule has 5 heteroatoms. The highest BCUT2D eigenvalue weighted by Crippen LogP contribution is 2.29. The van der Waals surface area contributed by atoms with Crippen molar-refractivity contribution in [3.8, 4) is 5.75 Å². The van der Waals surface area contributed by atoms with E-state index in [2.05, 4.69) is 15.9 Å². The Hall–Kier alpha value is -0.550. The Bertz CT molecular complexity index is 483. The van der Waals surface area contributed by atoms with Crippen LogP contribution in [0.25, 0.3) is 0 Å². The third-order valence-corrected chi connectivity index (χ3v) is 5.50. The van der Waals surface area contributed by atoms with E-state index in [9.17, 15) is 8.42 Å². The first-order valence-electron chi connectivity index (χ1n) is 5.51. The number of hydrogen-bond acceptors (Lipinski definition) is 3. The number of rotatable bonds is 5. The first kappa shape index (κ1) is 14.5. The smallest absolute Gasteiger partial charge is 0.180 e. The van der Waals surface area contributed by atoms with Crippen LogP contribution in [0.15, 0.2) is 27.6 Å². The first-order valence-corrected chi connectivity index (χ1v) is 7.84. The van der Waals surface area contributed by atoms with E-state index in [4.69, 9.17) is 4.74 Å². The molecule has 1 rings (SSSR count). The van der Waals surface area contributed by atoms with Crippen molar-refractivity contribution < 1.29 is 13.2 Å². The van der Waals surface area contributed by atoms with Crippen molar-refractivity contribution in [3.05, 3.63) is 22.7 Å². The Morgan fingerprint density at radius 2 is 2.06 bits per heavy atom. The highest BCUT2D eigenvalue weighted by Gasteiger charge is 2.23. The molecule has 0 bridgehead atoms. The zero-order valence-electron chi connectivity index (χ0n) is 10.2. The van der Waals surface area contributed by atoms with Gasteiger partial charge in [0.05, 0.1) is 21.7 Å². The number of ether oxygens (including phenoxy) is 1. The molecule has 0 heterocycles. The van der Waals surface area contributed by atoms with Crippen LogP contribution < -0.4 is 4.74 Å². The molecule has 1 aromatic rings. The van der Waals surface area contributed by atoms with Gasteiger partial charge in [-0.05, 0) is 47.5 Å². The van der Waals surface area contributed by atoms with E-state index in [0.29, 0.717) is 21.5 Å². The Balaban J connectivity index is 3.12. The standard InChI is InChI=1S/C12H17BrO3S/c1-4-5-9(2)17(14,15)10-6-7-12(16-3)11(13)8-10/h6-9H,4-5H2,1-3H3. The lowest BCUT2D eigenvalue weighted by Crippen LogP contribution is -2.17. The maximum atomic E-state index is 12.2. The van der Waals surface area contributed by atoms with Crippen molar-refractivity contribution in [2.75, 3.05) is 7.11 Å². The van der Waals surface area contributed by atoms with Crippen molar-refractivity contribution in [1.82, 2.24) is 0 Å². The summed E-state index contributed by atoms with van der Waals surface area (Å²) < 4.78 is 30.2. The summed E-state index contributed by atoms with van der Waals surface area (Å²) in [4.78, 5) is 0.339. The molecule has 0 fully saturated rings. The van der Waals surface area contributed by atoms with Crippen molar-refractivity contribution in [2.24, 2.45) is 0 Å². The molecule has 0 saturated carbocycles. The molecule has 96 valence electrons. The van der Waals surface area contributed by atoms with Crippen LogP contribution in [0.1, 0.15) is 26.7 Å². The van der Waals surface area contributed by atoms with E-state index in [-0.39, 0.29) is 5.25 Å². The van der Waals surface area contributed by atoms with Gasteiger partial charge in [0.1, 0.15) is 5.75 Å². The van der Waals surface area contributed by atoms with E-state index in [1.165, 1.54) is 0 Å². The summed E-state index contributed by atoms with van der Waals surface area (Å²) in [5.74, 6) is 0.632. The molecule has 0 aliphatic carbocycles. The van der Waals surface area contributed by atoms with Crippen LogP contribution in [0.4, 0.5) is 0 Å². The Kier molecular flexibility index (Phi) is 5.01. The largest absolute Gasteiger partial charge is 0.496 e. The van der Waals surface area contributed by atoms with Crippen molar-refractivity contribution in [3.63, 3.8) is 0 Å². The molecule has 0 aliphatic rings. The summed E-state index contributed by atoms with van der Waals surface area (Å²) in [5, 5.41) is -0.354. The summed E-state index contributed by atoms with van der Waals surface area (Å²) in [6, 6.07) is 4.85. The second-order valence-corrected chi connectivity index (χ2v) is 7.16. The van der Waals surface area contributed by atoms with Gasteiger partial charge in [-0.1, -0.05) is 13.3 Å². The van der Waals surface area contributed by atoms with Crippen LogP contribution in [0.2, 0.25) is 0 Å². The van der Waals surface area contributed by atoms with Gasteiger partial charge < -0.3 is 4.74 Å². The van der Waals surface area contributed by atoms with Gasteiger partial charge in [0.25, 0.3) is 0 Å². The number of halogens is 1. The second-order valence-electron chi connectivity index (χ2n) is 3.94. The highest BCUT2D eigenvalue weighted by atomic mass is 79.9. The molecule has 3 nitrogen and oxygen atoms in total. The van der Waals surface area contributed by atoms with Crippen LogP contribution in [-0.4, -0.2) is 20.8 Å². The number of benzene rings is 1. The van der Waals surface area contributed by atoms with Crippen LogP contribution in [0.5, 0.6) is 5.75 Å². The molecule has 1 unspecified atom stereocenters. The van der Waals surface area contributed by atoms with Gasteiger partial charge in [-0.15, -0.1) is 0 Å². The number of methoxy groups -OCH3 is 1. The molecule has 0 saturated heterocycles. The van der Waals surface area contributed by atoms with Gasteiger partial charge in [0.2, 0.25) is 0 Å². The second kappa shape index (κ2) is 5.87. The molecule has 1 atom stereocenters. The van der Waals surface area contributed by atoms with Gasteiger partial charge >= 0.3 is 0 Å². The number of sulfone groups is 1. The predicted octanol–water partition coefficient (Wildman–Crippen LogP) is 3.42. The zero-order chi connectivity index (χ0) is 13.1. The zero-order valence-corrected chi connectivity index (χ0v) is 12.6. The SMILES string of the molecule is CCCC(C)S(=O)(=O)c1ccc(OC)c(Br)c1. The average Bonchev–Trinajstić information content (AvgIpc) is 2.29. The monoisotopic (exact) mass is 320 g/mol. The van der Waals surface area contributed by atoms with E-state index >= 15 is 0 Å². The lowest BCUT2D eigenvalue weighted by atomic mass is 10.3. The maximum absolute atomic E-state index is 12.2. The van der Waals surface area contributed by atoms with E-state index in [1.54, 1.807) is 32.2 Å². The average molecular weight is 321 g/mol. The lowest BCUT2D eigenvalue weighted by molar-refractivity contribution is 0.411. The summed E-state index contributed by atoms with van der Waals surface area (Å²) in [7, 11) is -1.68. The topological polar surface area (TPSA) is 43.4 Å². The van der Waals surface area contributed by atoms with Crippen molar-refractivity contribution in [1.29, 1.82) is 0 Å². The Morgan fingerprint density at radius 1 is 1.41 bits per heavy atom. The molecule has 0 amide bonds. The fourth-order valence-corrected chi connectivity index (χ4v) is 3.86. The summed E-state index contributed by atoms with van der Waals surface area (Å²) >= 11 is 3.30.